The summed E-state index contributed by atoms with van der Waals surface area (Å²) in [6.07, 6.45) is 0. The van der Waals surface area contributed by atoms with Crippen LogP contribution in [0.3, 0.4) is 0 Å². The second-order valence-electron chi connectivity index (χ2n) is 7.96. The van der Waals surface area contributed by atoms with Gasteiger partial charge in [0.2, 0.25) is 5.91 Å². The fourth-order valence-electron chi connectivity index (χ4n) is 3.21. The molecule has 2 N–H and O–H groups in total. The van der Waals surface area contributed by atoms with Gasteiger partial charge in [0.25, 0.3) is 11.6 Å². The van der Waals surface area contributed by atoms with Crippen molar-refractivity contribution in [2.45, 2.75) is 25.0 Å². The van der Waals surface area contributed by atoms with Crippen LogP contribution in [0.15, 0.2) is 53.7 Å². The van der Waals surface area contributed by atoms with Gasteiger partial charge in [0, 0.05) is 30.4 Å². The van der Waals surface area contributed by atoms with Crippen LogP contribution in [-0.4, -0.2) is 44.4 Å². The van der Waals surface area contributed by atoms with Gasteiger partial charge < -0.3 is 19.9 Å². The summed E-state index contributed by atoms with van der Waals surface area (Å²) in [7, 11) is 3.34. The van der Waals surface area contributed by atoms with Crippen LogP contribution >= 0.6 is 11.8 Å². The van der Waals surface area contributed by atoms with Crippen molar-refractivity contribution in [3.05, 3.63) is 70.0 Å². The molecule has 0 saturated carbocycles. The van der Waals surface area contributed by atoms with Gasteiger partial charge in [0.15, 0.2) is 11.0 Å². The Morgan fingerprint density at radius 1 is 1.11 bits per heavy atom. The number of benzene rings is 2. The van der Waals surface area contributed by atoms with Crippen molar-refractivity contribution >= 4 is 35.0 Å². The number of ether oxygens (including phenoxy) is 1. The van der Waals surface area contributed by atoms with E-state index in [-0.39, 0.29) is 29.2 Å². The highest BCUT2D eigenvalue weighted by atomic mass is 32.2. The Morgan fingerprint density at radius 3 is 2.34 bits per heavy atom. The summed E-state index contributed by atoms with van der Waals surface area (Å²) in [4.78, 5) is 35.4. The zero-order valence-electron chi connectivity index (χ0n) is 19.7. The Balaban J connectivity index is 1.63. The van der Waals surface area contributed by atoms with Crippen molar-refractivity contribution in [1.29, 1.82) is 0 Å². The molecule has 1 heterocycles. The minimum absolute atomic E-state index is 0.0309. The Morgan fingerprint density at radius 2 is 1.77 bits per heavy atom. The molecule has 0 aliphatic carbocycles. The number of amides is 2. The summed E-state index contributed by atoms with van der Waals surface area (Å²) in [6.45, 7) is 3.94. The molecule has 0 aliphatic heterocycles. The van der Waals surface area contributed by atoms with Crippen LogP contribution < -0.4 is 15.4 Å². The Kier molecular flexibility index (Phi) is 8.42. The number of aromatic nitrogens is 3. The molecule has 0 bridgehead atoms. The Labute approximate surface area is 206 Å². The molecule has 0 radical (unpaired) electrons. The molecule has 2 aromatic carbocycles. The quantitative estimate of drug-likeness (QED) is 0.245. The minimum atomic E-state index is -0.503. The first-order valence-electron chi connectivity index (χ1n) is 10.7. The Bertz CT molecular complexity index is 1190. The van der Waals surface area contributed by atoms with Gasteiger partial charge in [-0.15, -0.1) is 10.2 Å². The van der Waals surface area contributed by atoms with Crippen LogP contribution in [0.25, 0.3) is 0 Å². The van der Waals surface area contributed by atoms with E-state index in [1.165, 1.54) is 36.0 Å². The maximum absolute atomic E-state index is 12.8. The lowest BCUT2D eigenvalue weighted by Gasteiger charge is -2.21. The molecule has 2 amide bonds. The topological polar surface area (TPSA) is 141 Å². The summed E-state index contributed by atoms with van der Waals surface area (Å²) < 4.78 is 6.89. The summed E-state index contributed by atoms with van der Waals surface area (Å²) >= 11 is 1.19. The van der Waals surface area contributed by atoms with Gasteiger partial charge >= 0.3 is 0 Å². The highest BCUT2D eigenvalue weighted by molar-refractivity contribution is 7.99. The monoisotopic (exact) mass is 498 g/mol. The zero-order chi connectivity index (χ0) is 25.5. The third kappa shape index (κ3) is 6.57. The van der Waals surface area contributed by atoms with Crippen LogP contribution in [-0.2, 0) is 11.8 Å². The van der Waals surface area contributed by atoms with Gasteiger partial charge in [0.1, 0.15) is 5.75 Å². The molecule has 0 saturated heterocycles. The number of nitro groups is 1. The predicted octanol–water partition coefficient (Wildman–Crippen LogP) is 3.59. The molecule has 1 atom stereocenters. The number of anilines is 1. The second kappa shape index (κ2) is 11.5. The lowest BCUT2D eigenvalue weighted by Crippen LogP contribution is -2.33. The highest BCUT2D eigenvalue weighted by Crippen LogP contribution is 2.25. The number of hydrogen-bond donors (Lipinski definition) is 2. The van der Waals surface area contributed by atoms with Crippen LogP contribution in [0.5, 0.6) is 5.75 Å². The van der Waals surface area contributed by atoms with Crippen LogP contribution in [0.4, 0.5) is 11.4 Å². The number of methoxy groups -OCH3 is 1. The molecular weight excluding hydrogens is 472 g/mol. The number of nitro benzene ring substituents is 1. The number of nitrogens with one attached hydrogen (secondary N) is 2. The van der Waals surface area contributed by atoms with Crippen molar-refractivity contribution in [3.63, 3.8) is 0 Å². The van der Waals surface area contributed by atoms with Crippen molar-refractivity contribution < 1.29 is 19.2 Å². The number of hydrogen-bond acceptors (Lipinski definition) is 8. The first-order chi connectivity index (χ1) is 16.7. The third-order valence-electron chi connectivity index (χ3n) is 5.15. The van der Waals surface area contributed by atoms with Gasteiger partial charge in [0.05, 0.1) is 23.8 Å². The fraction of sp³-hybridized carbons (Fsp3) is 0.304. The molecule has 3 aromatic rings. The zero-order valence-corrected chi connectivity index (χ0v) is 20.5. The number of rotatable bonds is 10. The molecule has 11 nitrogen and oxygen atoms in total. The molecule has 0 unspecified atom stereocenters. The van der Waals surface area contributed by atoms with Gasteiger partial charge in [-0.05, 0) is 42.3 Å². The van der Waals surface area contributed by atoms with Gasteiger partial charge in [-0.2, -0.15) is 0 Å². The van der Waals surface area contributed by atoms with E-state index in [1.54, 1.807) is 43.0 Å². The van der Waals surface area contributed by atoms with Crippen LogP contribution in [0.1, 0.15) is 36.1 Å². The van der Waals surface area contributed by atoms with E-state index in [1.807, 2.05) is 13.8 Å². The number of carbonyl (C=O) groups excluding carboxylic acids is 2. The third-order valence-corrected chi connectivity index (χ3v) is 6.17. The number of thioether (sulfide) groups is 1. The van der Waals surface area contributed by atoms with E-state index in [0.717, 1.165) is 0 Å². The molecule has 3 rings (SSSR count). The first-order valence-corrected chi connectivity index (χ1v) is 11.7. The number of nitrogens with zero attached hydrogens (tertiary/aromatic N) is 4. The van der Waals surface area contributed by atoms with E-state index in [0.29, 0.717) is 28.0 Å². The fourth-order valence-corrected chi connectivity index (χ4v) is 3.93. The summed E-state index contributed by atoms with van der Waals surface area (Å²) in [5.41, 5.74) is 0.903. The average molecular weight is 499 g/mol. The van der Waals surface area contributed by atoms with Crippen molar-refractivity contribution in [2.24, 2.45) is 13.0 Å². The molecule has 1 aromatic heterocycles. The van der Waals surface area contributed by atoms with E-state index in [4.69, 9.17) is 4.74 Å². The normalized spacial score (nSPS) is 11.7. The smallest absolute Gasteiger partial charge is 0.269 e. The van der Waals surface area contributed by atoms with Crippen molar-refractivity contribution in [3.8, 4) is 5.75 Å². The maximum Gasteiger partial charge on any atom is 0.269 e. The van der Waals surface area contributed by atoms with Crippen molar-refractivity contribution in [2.75, 3.05) is 18.2 Å². The number of non-ortho nitro benzene ring substituents is 1. The van der Waals surface area contributed by atoms with E-state index < -0.39 is 11.0 Å². The molecule has 35 heavy (non-hydrogen) atoms. The van der Waals surface area contributed by atoms with Crippen LogP contribution in [0, 0.1) is 16.0 Å². The van der Waals surface area contributed by atoms with Gasteiger partial charge in [-0.1, -0.05) is 25.6 Å². The van der Waals surface area contributed by atoms with Crippen molar-refractivity contribution in [1.82, 2.24) is 20.1 Å². The maximum atomic E-state index is 12.8. The lowest BCUT2D eigenvalue weighted by atomic mass is 10.0. The van der Waals surface area contributed by atoms with E-state index >= 15 is 0 Å². The largest absolute Gasteiger partial charge is 0.497 e. The molecule has 0 fully saturated rings. The molecule has 184 valence electrons. The first kappa shape index (κ1) is 25.7. The van der Waals surface area contributed by atoms with Gasteiger partial charge in [-0.25, -0.2) is 0 Å². The molecular formula is C23H26N6O5S. The minimum Gasteiger partial charge on any atom is -0.497 e. The summed E-state index contributed by atoms with van der Waals surface area (Å²) in [6, 6.07) is 12.0. The standard InChI is InChI=1S/C23H26N6O5S/c1-14(2)20(25-22(31)15-5-11-18(34-4)12-6-15)21-26-27-23(28(21)3)35-13-19(30)24-16-7-9-17(10-8-16)29(32)33/h5-12,14,20H,13H2,1-4H3,(H,24,30)(H,25,31)/t20-/m1/s1. The SMILES string of the molecule is COc1ccc(C(=O)N[C@@H](c2nnc(SCC(=O)Nc3ccc([N+](=O)[O-])cc3)n2C)C(C)C)cc1. The second-order valence-corrected chi connectivity index (χ2v) is 8.91. The van der Waals surface area contributed by atoms with Gasteiger partial charge in [-0.3, -0.25) is 19.7 Å². The summed E-state index contributed by atoms with van der Waals surface area (Å²) in [5.74, 6) is 0.791. The number of carbonyl (C=O) groups is 2. The van der Waals surface area contributed by atoms with E-state index in [9.17, 15) is 19.7 Å². The van der Waals surface area contributed by atoms with E-state index in [2.05, 4.69) is 20.8 Å². The lowest BCUT2D eigenvalue weighted by molar-refractivity contribution is -0.384. The predicted molar refractivity (Wildman–Crippen MR) is 131 cm³/mol. The summed E-state index contributed by atoms with van der Waals surface area (Å²) in [5, 5.41) is 25.4. The molecule has 0 spiro atoms. The molecule has 0 aliphatic rings. The molecule has 12 heteroatoms. The van der Waals surface area contributed by atoms with Crippen LogP contribution in [0.2, 0.25) is 0 Å². The average Bonchev–Trinajstić information content (AvgIpc) is 3.21. The Hall–Kier alpha value is -3.93. The highest BCUT2D eigenvalue weighted by Gasteiger charge is 2.25.